The van der Waals surface area contributed by atoms with Gasteiger partial charge in [-0.2, -0.15) is 0 Å². The lowest BCUT2D eigenvalue weighted by Gasteiger charge is -2.08. The van der Waals surface area contributed by atoms with Crippen LogP contribution in [0.1, 0.15) is 10.4 Å². The highest BCUT2D eigenvalue weighted by atomic mass is 16.1. The average Bonchev–Trinajstić information content (AvgIpc) is 2.69. The maximum atomic E-state index is 12.6. The summed E-state index contributed by atoms with van der Waals surface area (Å²) in [5.74, 6) is -0.147. The van der Waals surface area contributed by atoms with Crippen molar-refractivity contribution in [2.75, 3.05) is 5.32 Å². The third kappa shape index (κ3) is 3.23. The molecule has 4 nitrogen and oxygen atoms in total. The van der Waals surface area contributed by atoms with E-state index in [1.54, 1.807) is 24.7 Å². The van der Waals surface area contributed by atoms with Gasteiger partial charge < -0.3 is 5.32 Å². The van der Waals surface area contributed by atoms with Gasteiger partial charge in [-0.05, 0) is 53.6 Å². The van der Waals surface area contributed by atoms with E-state index in [9.17, 15) is 4.79 Å². The topological polar surface area (TPSA) is 54.9 Å². The Morgan fingerprint density at radius 3 is 2.56 bits per heavy atom. The molecule has 0 fully saturated rings. The van der Waals surface area contributed by atoms with E-state index in [1.165, 1.54) is 0 Å². The Hall–Kier alpha value is -3.53. The second kappa shape index (κ2) is 6.53. The fourth-order valence-corrected chi connectivity index (χ4v) is 2.73. The minimum absolute atomic E-state index is 0.147. The lowest BCUT2D eigenvalue weighted by Crippen LogP contribution is -2.11. The van der Waals surface area contributed by atoms with Crippen molar-refractivity contribution < 1.29 is 4.79 Å². The van der Waals surface area contributed by atoms with Crippen LogP contribution in [0.15, 0.2) is 85.3 Å². The number of nitrogens with zero attached hydrogens (tertiary/aromatic N) is 2. The molecule has 0 spiro atoms. The van der Waals surface area contributed by atoms with Crippen LogP contribution in [0.3, 0.4) is 0 Å². The van der Waals surface area contributed by atoms with Crippen molar-refractivity contribution in [2.24, 2.45) is 0 Å². The molecular weight excluding hydrogens is 310 g/mol. The summed E-state index contributed by atoms with van der Waals surface area (Å²) in [5, 5.41) is 3.98. The SMILES string of the molecule is O=C(Nc1ccc2cccnc2c1)c1cccc(-c2ccncc2)c1. The minimum atomic E-state index is -0.147. The number of anilines is 1. The molecule has 1 N–H and O–H groups in total. The first-order valence-electron chi connectivity index (χ1n) is 7.96. The molecule has 0 unspecified atom stereocenters. The second-order valence-corrected chi connectivity index (χ2v) is 5.68. The van der Waals surface area contributed by atoms with Gasteiger partial charge in [0.25, 0.3) is 5.91 Å². The van der Waals surface area contributed by atoms with Crippen LogP contribution in [0, 0.1) is 0 Å². The zero-order valence-electron chi connectivity index (χ0n) is 13.4. The lowest BCUT2D eigenvalue weighted by molar-refractivity contribution is 0.102. The molecule has 0 saturated carbocycles. The Kier molecular flexibility index (Phi) is 3.92. The van der Waals surface area contributed by atoms with Crippen LogP contribution in [-0.2, 0) is 0 Å². The summed E-state index contributed by atoms with van der Waals surface area (Å²) >= 11 is 0. The van der Waals surface area contributed by atoms with Gasteiger partial charge in [0.2, 0.25) is 0 Å². The second-order valence-electron chi connectivity index (χ2n) is 5.68. The molecule has 120 valence electrons. The Morgan fingerprint density at radius 1 is 0.800 bits per heavy atom. The summed E-state index contributed by atoms with van der Waals surface area (Å²) in [6, 6.07) is 21.0. The van der Waals surface area contributed by atoms with Gasteiger partial charge in [-0.25, -0.2) is 0 Å². The fraction of sp³-hybridized carbons (Fsp3) is 0. The number of benzene rings is 2. The fourth-order valence-electron chi connectivity index (χ4n) is 2.73. The highest BCUT2D eigenvalue weighted by Gasteiger charge is 2.08. The first-order valence-corrected chi connectivity index (χ1v) is 7.96. The molecule has 0 bridgehead atoms. The third-order valence-corrected chi connectivity index (χ3v) is 4.00. The van der Waals surface area contributed by atoms with Gasteiger partial charge in [0.05, 0.1) is 5.52 Å². The standard InChI is InChI=1S/C21H15N3O/c25-21(24-19-7-6-16-5-2-10-23-20(16)14-19)18-4-1-3-17(13-18)15-8-11-22-12-9-15/h1-14H,(H,24,25). The number of fused-ring (bicyclic) bond motifs is 1. The van der Waals surface area contributed by atoms with Gasteiger partial charge in [-0.15, -0.1) is 0 Å². The normalized spacial score (nSPS) is 10.6. The van der Waals surface area contributed by atoms with Crippen molar-refractivity contribution >= 4 is 22.5 Å². The molecule has 0 atom stereocenters. The molecule has 4 aromatic rings. The molecule has 0 aliphatic rings. The molecule has 0 radical (unpaired) electrons. The summed E-state index contributed by atoms with van der Waals surface area (Å²) in [6.07, 6.45) is 5.22. The van der Waals surface area contributed by atoms with Crippen LogP contribution < -0.4 is 5.32 Å². The Balaban J connectivity index is 1.60. The molecule has 4 rings (SSSR count). The van der Waals surface area contributed by atoms with Crippen molar-refractivity contribution in [3.8, 4) is 11.1 Å². The first kappa shape index (κ1) is 15.0. The van der Waals surface area contributed by atoms with Crippen molar-refractivity contribution in [1.82, 2.24) is 9.97 Å². The van der Waals surface area contributed by atoms with Crippen LogP contribution >= 0.6 is 0 Å². The summed E-state index contributed by atoms with van der Waals surface area (Å²) in [6.45, 7) is 0. The summed E-state index contributed by atoms with van der Waals surface area (Å²) in [5.41, 5.74) is 4.20. The number of nitrogens with one attached hydrogen (secondary N) is 1. The first-order chi connectivity index (χ1) is 12.3. The Bertz CT molecular complexity index is 1040. The lowest BCUT2D eigenvalue weighted by atomic mass is 10.0. The molecule has 0 saturated heterocycles. The zero-order valence-corrected chi connectivity index (χ0v) is 13.4. The molecule has 4 heteroatoms. The van der Waals surface area contributed by atoms with E-state index in [1.807, 2.05) is 60.7 Å². The smallest absolute Gasteiger partial charge is 0.255 e. The van der Waals surface area contributed by atoms with E-state index in [0.29, 0.717) is 5.56 Å². The minimum Gasteiger partial charge on any atom is -0.322 e. The number of aromatic nitrogens is 2. The molecule has 0 aliphatic heterocycles. The molecule has 0 aliphatic carbocycles. The van der Waals surface area contributed by atoms with Crippen LogP contribution in [0.5, 0.6) is 0 Å². The van der Waals surface area contributed by atoms with E-state index < -0.39 is 0 Å². The molecule has 2 aromatic heterocycles. The van der Waals surface area contributed by atoms with Crippen LogP contribution in [0.2, 0.25) is 0 Å². The quantitative estimate of drug-likeness (QED) is 0.601. The summed E-state index contributed by atoms with van der Waals surface area (Å²) < 4.78 is 0. The average molecular weight is 325 g/mol. The number of amides is 1. The van der Waals surface area contributed by atoms with Gasteiger partial charge in [-0.3, -0.25) is 14.8 Å². The van der Waals surface area contributed by atoms with Crippen LogP contribution in [0.25, 0.3) is 22.0 Å². The number of hydrogen-bond donors (Lipinski definition) is 1. The van der Waals surface area contributed by atoms with Crippen LogP contribution in [0.4, 0.5) is 5.69 Å². The molecule has 25 heavy (non-hydrogen) atoms. The van der Waals surface area contributed by atoms with Crippen molar-refractivity contribution in [3.63, 3.8) is 0 Å². The maximum Gasteiger partial charge on any atom is 0.255 e. The third-order valence-electron chi connectivity index (χ3n) is 4.00. The zero-order chi connectivity index (χ0) is 17.1. The van der Waals surface area contributed by atoms with Gasteiger partial charge in [0.1, 0.15) is 0 Å². The molecule has 1 amide bonds. The van der Waals surface area contributed by atoms with E-state index in [-0.39, 0.29) is 5.91 Å². The monoisotopic (exact) mass is 325 g/mol. The largest absolute Gasteiger partial charge is 0.322 e. The van der Waals surface area contributed by atoms with Gasteiger partial charge >= 0.3 is 0 Å². The highest BCUT2D eigenvalue weighted by Crippen LogP contribution is 2.21. The molecule has 2 heterocycles. The van der Waals surface area contributed by atoms with Gasteiger partial charge in [0.15, 0.2) is 0 Å². The van der Waals surface area contributed by atoms with E-state index in [0.717, 1.165) is 27.7 Å². The molecule has 2 aromatic carbocycles. The summed E-state index contributed by atoms with van der Waals surface area (Å²) in [4.78, 5) is 20.9. The number of carbonyl (C=O) groups is 1. The Morgan fingerprint density at radius 2 is 1.68 bits per heavy atom. The number of rotatable bonds is 3. The van der Waals surface area contributed by atoms with Gasteiger partial charge in [0, 0.05) is 35.2 Å². The maximum absolute atomic E-state index is 12.6. The number of hydrogen-bond acceptors (Lipinski definition) is 3. The number of pyridine rings is 2. The highest BCUT2D eigenvalue weighted by molar-refractivity contribution is 6.05. The van der Waals surface area contributed by atoms with Crippen LogP contribution in [-0.4, -0.2) is 15.9 Å². The predicted octanol–water partition coefficient (Wildman–Crippen LogP) is 4.55. The van der Waals surface area contributed by atoms with Crippen molar-refractivity contribution in [3.05, 3.63) is 90.9 Å². The van der Waals surface area contributed by atoms with E-state index in [2.05, 4.69) is 15.3 Å². The van der Waals surface area contributed by atoms with E-state index in [4.69, 9.17) is 0 Å². The Labute approximate surface area is 145 Å². The van der Waals surface area contributed by atoms with E-state index >= 15 is 0 Å². The molecular formula is C21H15N3O. The van der Waals surface area contributed by atoms with Crippen molar-refractivity contribution in [2.45, 2.75) is 0 Å². The van der Waals surface area contributed by atoms with Gasteiger partial charge in [-0.1, -0.05) is 24.3 Å². The van der Waals surface area contributed by atoms with Crippen molar-refractivity contribution in [1.29, 1.82) is 0 Å². The summed E-state index contributed by atoms with van der Waals surface area (Å²) in [7, 11) is 0. The number of carbonyl (C=O) groups excluding carboxylic acids is 1. The predicted molar refractivity (Wildman–Crippen MR) is 99.4 cm³/mol.